The number of hydrogen-bond donors (Lipinski definition) is 1. The van der Waals surface area contributed by atoms with E-state index in [4.69, 9.17) is 14.2 Å². The molecule has 1 fully saturated rings. The molecule has 1 aromatic carbocycles. The highest BCUT2D eigenvalue weighted by atomic mass is 32.1. The summed E-state index contributed by atoms with van der Waals surface area (Å²) in [6.45, 7) is 3.99. The molecule has 3 heterocycles. The van der Waals surface area contributed by atoms with Crippen LogP contribution in [0.3, 0.4) is 0 Å². The van der Waals surface area contributed by atoms with Gasteiger partial charge in [-0.1, -0.05) is 0 Å². The molecular weight excluding hydrogens is 364 g/mol. The zero-order valence-electron chi connectivity index (χ0n) is 15.2. The maximum absolute atomic E-state index is 12.1. The molecule has 0 bridgehead atoms. The number of ether oxygens (including phenoxy) is 3. The standard InChI is InChI=1S/C20H24N2O4S/c23-20(15-6-11-27-13-15)21-16-4-8-22(9-5-16)7-1-10-24-17-2-3-18-19(12-17)26-14-25-18/h2-3,6,11-13,16H,1,4-5,7-10,14H2,(H,21,23). The number of nitrogens with one attached hydrogen (secondary N) is 1. The highest BCUT2D eigenvalue weighted by Crippen LogP contribution is 2.35. The molecule has 0 saturated carbocycles. The number of likely N-dealkylation sites (tertiary alicyclic amines) is 1. The van der Waals surface area contributed by atoms with E-state index in [9.17, 15) is 4.79 Å². The van der Waals surface area contributed by atoms with Crippen LogP contribution in [0.1, 0.15) is 29.6 Å². The second-order valence-corrected chi connectivity index (χ2v) is 7.60. The number of amides is 1. The van der Waals surface area contributed by atoms with Crippen LogP contribution in [0.15, 0.2) is 35.0 Å². The SMILES string of the molecule is O=C(NC1CCN(CCCOc2ccc3c(c2)OCO3)CC1)c1ccsc1. The Labute approximate surface area is 163 Å². The molecule has 0 unspecified atom stereocenters. The van der Waals surface area contributed by atoms with Crippen molar-refractivity contribution in [3.63, 3.8) is 0 Å². The van der Waals surface area contributed by atoms with Crippen LogP contribution in [0, 0.1) is 0 Å². The Morgan fingerprint density at radius 3 is 2.89 bits per heavy atom. The van der Waals surface area contributed by atoms with E-state index in [1.54, 1.807) is 11.3 Å². The number of carbonyl (C=O) groups is 1. The molecule has 2 aromatic rings. The highest BCUT2D eigenvalue weighted by Gasteiger charge is 2.21. The zero-order valence-corrected chi connectivity index (χ0v) is 16.0. The normalized spacial score (nSPS) is 17.0. The van der Waals surface area contributed by atoms with Gasteiger partial charge in [-0.05, 0) is 42.8 Å². The van der Waals surface area contributed by atoms with Crippen LogP contribution in [-0.2, 0) is 0 Å². The van der Waals surface area contributed by atoms with Crippen LogP contribution in [-0.4, -0.2) is 49.9 Å². The lowest BCUT2D eigenvalue weighted by molar-refractivity contribution is 0.0910. The number of rotatable bonds is 7. The summed E-state index contributed by atoms with van der Waals surface area (Å²) in [5.41, 5.74) is 0.767. The number of nitrogens with zero attached hydrogens (tertiary/aromatic N) is 1. The summed E-state index contributed by atoms with van der Waals surface area (Å²) in [7, 11) is 0. The third kappa shape index (κ3) is 4.73. The predicted octanol–water partition coefficient (Wildman–Crippen LogP) is 3.14. The topological polar surface area (TPSA) is 60.0 Å². The summed E-state index contributed by atoms with van der Waals surface area (Å²) < 4.78 is 16.5. The molecule has 2 aliphatic heterocycles. The summed E-state index contributed by atoms with van der Waals surface area (Å²) in [6.07, 6.45) is 2.97. The summed E-state index contributed by atoms with van der Waals surface area (Å²) in [4.78, 5) is 14.6. The fourth-order valence-corrected chi connectivity index (χ4v) is 4.04. The van der Waals surface area contributed by atoms with E-state index >= 15 is 0 Å². The smallest absolute Gasteiger partial charge is 0.252 e. The van der Waals surface area contributed by atoms with Crippen LogP contribution in [0.25, 0.3) is 0 Å². The lowest BCUT2D eigenvalue weighted by Gasteiger charge is -2.32. The third-order valence-electron chi connectivity index (χ3n) is 4.94. The predicted molar refractivity (Wildman–Crippen MR) is 104 cm³/mol. The quantitative estimate of drug-likeness (QED) is 0.739. The van der Waals surface area contributed by atoms with E-state index in [0.717, 1.165) is 61.7 Å². The van der Waals surface area contributed by atoms with Gasteiger partial charge in [-0.3, -0.25) is 4.79 Å². The number of thiophene rings is 1. The molecule has 1 N–H and O–H groups in total. The van der Waals surface area contributed by atoms with Crippen molar-refractivity contribution in [1.29, 1.82) is 0 Å². The summed E-state index contributed by atoms with van der Waals surface area (Å²) >= 11 is 1.55. The first-order valence-electron chi connectivity index (χ1n) is 9.36. The van der Waals surface area contributed by atoms with E-state index < -0.39 is 0 Å². The van der Waals surface area contributed by atoms with Crippen molar-refractivity contribution >= 4 is 17.2 Å². The van der Waals surface area contributed by atoms with Crippen LogP contribution in [0.4, 0.5) is 0 Å². The maximum atomic E-state index is 12.1. The molecule has 0 atom stereocenters. The molecular formula is C20H24N2O4S. The molecule has 0 radical (unpaired) electrons. The van der Waals surface area contributed by atoms with Gasteiger partial charge in [0.05, 0.1) is 6.61 Å². The van der Waals surface area contributed by atoms with Crippen LogP contribution < -0.4 is 19.5 Å². The largest absolute Gasteiger partial charge is 0.493 e. The average Bonchev–Trinajstić information content (AvgIpc) is 3.38. The Hall–Kier alpha value is -2.25. The van der Waals surface area contributed by atoms with Crippen molar-refractivity contribution in [1.82, 2.24) is 10.2 Å². The first-order valence-corrected chi connectivity index (χ1v) is 10.3. The highest BCUT2D eigenvalue weighted by molar-refractivity contribution is 7.08. The number of carbonyl (C=O) groups excluding carboxylic acids is 1. The number of benzene rings is 1. The van der Waals surface area contributed by atoms with E-state index in [2.05, 4.69) is 10.2 Å². The van der Waals surface area contributed by atoms with E-state index in [-0.39, 0.29) is 18.7 Å². The number of fused-ring (bicyclic) bond motifs is 1. The molecule has 144 valence electrons. The van der Waals surface area contributed by atoms with Gasteiger partial charge in [-0.25, -0.2) is 0 Å². The third-order valence-corrected chi connectivity index (χ3v) is 5.62. The minimum Gasteiger partial charge on any atom is -0.493 e. The summed E-state index contributed by atoms with van der Waals surface area (Å²) in [5, 5.41) is 6.97. The van der Waals surface area contributed by atoms with Gasteiger partial charge in [0, 0.05) is 42.7 Å². The van der Waals surface area contributed by atoms with Gasteiger partial charge >= 0.3 is 0 Å². The molecule has 27 heavy (non-hydrogen) atoms. The van der Waals surface area contributed by atoms with Crippen molar-refractivity contribution < 1.29 is 19.0 Å². The molecule has 1 saturated heterocycles. The second kappa shape index (κ2) is 8.63. The van der Waals surface area contributed by atoms with Gasteiger partial charge in [0.2, 0.25) is 6.79 Å². The first kappa shape index (κ1) is 18.1. The minimum atomic E-state index is 0.0480. The minimum absolute atomic E-state index is 0.0480. The van der Waals surface area contributed by atoms with Crippen LogP contribution in [0.2, 0.25) is 0 Å². The molecule has 4 rings (SSSR count). The van der Waals surface area contributed by atoms with E-state index in [1.807, 2.05) is 35.0 Å². The van der Waals surface area contributed by atoms with Crippen molar-refractivity contribution in [3.8, 4) is 17.2 Å². The molecule has 1 aromatic heterocycles. The van der Waals surface area contributed by atoms with E-state index in [1.165, 1.54) is 0 Å². The van der Waals surface area contributed by atoms with Crippen molar-refractivity contribution in [3.05, 3.63) is 40.6 Å². The van der Waals surface area contributed by atoms with Gasteiger partial charge in [-0.15, -0.1) is 0 Å². The average molecular weight is 388 g/mol. The van der Waals surface area contributed by atoms with Crippen LogP contribution >= 0.6 is 11.3 Å². The molecule has 7 heteroatoms. The number of piperidine rings is 1. The van der Waals surface area contributed by atoms with Gasteiger partial charge in [0.25, 0.3) is 5.91 Å². The van der Waals surface area contributed by atoms with E-state index in [0.29, 0.717) is 6.61 Å². The monoisotopic (exact) mass is 388 g/mol. The number of hydrogen-bond acceptors (Lipinski definition) is 6. The summed E-state index contributed by atoms with van der Waals surface area (Å²) in [6, 6.07) is 7.82. The lowest BCUT2D eigenvalue weighted by Crippen LogP contribution is -2.44. The fourth-order valence-electron chi connectivity index (χ4n) is 3.41. The van der Waals surface area contributed by atoms with Crippen molar-refractivity contribution in [2.24, 2.45) is 0 Å². The fraction of sp³-hybridized carbons (Fsp3) is 0.450. The molecule has 0 spiro atoms. The maximum Gasteiger partial charge on any atom is 0.252 e. The lowest BCUT2D eigenvalue weighted by atomic mass is 10.0. The van der Waals surface area contributed by atoms with Crippen molar-refractivity contribution in [2.75, 3.05) is 33.0 Å². The molecule has 1 amide bonds. The van der Waals surface area contributed by atoms with Crippen LogP contribution in [0.5, 0.6) is 17.2 Å². The Morgan fingerprint density at radius 2 is 2.07 bits per heavy atom. The van der Waals surface area contributed by atoms with Gasteiger partial charge < -0.3 is 24.4 Å². The molecule has 2 aliphatic rings. The van der Waals surface area contributed by atoms with Gasteiger partial charge in [0.1, 0.15) is 5.75 Å². The second-order valence-electron chi connectivity index (χ2n) is 6.82. The Balaban J connectivity index is 1.12. The van der Waals surface area contributed by atoms with Gasteiger partial charge in [0.15, 0.2) is 11.5 Å². The summed E-state index contributed by atoms with van der Waals surface area (Å²) in [5.74, 6) is 2.39. The zero-order chi connectivity index (χ0) is 18.5. The first-order chi connectivity index (χ1) is 13.3. The Bertz CT molecular complexity index is 757. The van der Waals surface area contributed by atoms with Gasteiger partial charge in [-0.2, -0.15) is 11.3 Å². The van der Waals surface area contributed by atoms with Crippen molar-refractivity contribution in [2.45, 2.75) is 25.3 Å². The molecule has 6 nitrogen and oxygen atoms in total. The Kier molecular flexibility index (Phi) is 5.79. The molecule has 0 aliphatic carbocycles. The Morgan fingerprint density at radius 1 is 1.22 bits per heavy atom.